The third-order valence-corrected chi connectivity index (χ3v) is 12.3. The van der Waals surface area contributed by atoms with Gasteiger partial charge in [0.05, 0.1) is 23.9 Å². The van der Waals surface area contributed by atoms with Crippen molar-refractivity contribution < 1.29 is 20.4 Å². The summed E-state index contributed by atoms with van der Waals surface area (Å²) >= 11 is 0. The highest BCUT2D eigenvalue weighted by Crippen LogP contribution is 2.75. The molecule has 196 valence electrons. The molecule has 0 amide bonds. The molecule has 4 N–H and O–H groups in total. The maximum atomic E-state index is 11.8. The van der Waals surface area contributed by atoms with Crippen LogP contribution in [0.3, 0.4) is 0 Å². The van der Waals surface area contributed by atoms with Crippen LogP contribution >= 0.6 is 0 Å². The average Bonchev–Trinajstić information content (AvgIpc) is 3.07. The smallest absolute Gasteiger partial charge is 0.0654 e. The van der Waals surface area contributed by atoms with Crippen molar-refractivity contribution in [2.75, 3.05) is 0 Å². The van der Waals surface area contributed by atoms with E-state index in [1.165, 1.54) is 5.57 Å². The highest BCUT2D eigenvalue weighted by Gasteiger charge is 2.72. The van der Waals surface area contributed by atoms with Crippen molar-refractivity contribution in [1.82, 2.24) is 0 Å². The van der Waals surface area contributed by atoms with E-state index in [4.69, 9.17) is 0 Å². The number of rotatable bonds is 4. The summed E-state index contributed by atoms with van der Waals surface area (Å²) in [5, 5.41) is 46.0. The first kappa shape index (κ1) is 26.6. The number of allylic oxidation sites excluding steroid dienone is 2. The van der Waals surface area contributed by atoms with Gasteiger partial charge in [0, 0.05) is 0 Å². The van der Waals surface area contributed by atoms with Crippen molar-refractivity contribution in [2.45, 2.75) is 131 Å². The summed E-state index contributed by atoms with van der Waals surface area (Å²) in [6, 6.07) is 0. The van der Waals surface area contributed by atoms with Gasteiger partial charge in [-0.3, -0.25) is 0 Å². The molecule has 4 fully saturated rings. The van der Waals surface area contributed by atoms with Gasteiger partial charge in [-0.05, 0) is 117 Å². The van der Waals surface area contributed by atoms with Gasteiger partial charge in [0.15, 0.2) is 0 Å². The first-order valence-electron chi connectivity index (χ1n) is 13.9. The lowest BCUT2D eigenvalue weighted by molar-refractivity contribution is -0.274. The molecule has 0 aromatic heterocycles. The molecule has 4 aliphatic rings. The molecular weight excluding hydrogens is 424 g/mol. The predicted octanol–water partition coefficient (Wildman–Crippen LogP) is 5.47. The molecule has 0 spiro atoms. The van der Waals surface area contributed by atoms with E-state index in [-0.39, 0.29) is 39.4 Å². The van der Waals surface area contributed by atoms with Crippen LogP contribution in [0.1, 0.15) is 107 Å². The van der Waals surface area contributed by atoms with Crippen LogP contribution < -0.4 is 0 Å². The molecule has 4 nitrogen and oxygen atoms in total. The lowest BCUT2D eigenvalue weighted by Crippen LogP contribution is -2.69. The number of aliphatic hydroxyl groups is 4. The van der Waals surface area contributed by atoms with Crippen molar-refractivity contribution in [3.63, 3.8) is 0 Å². The van der Waals surface area contributed by atoms with E-state index in [2.05, 4.69) is 54.5 Å². The molecule has 4 heteroatoms. The van der Waals surface area contributed by atoms with Crippen molar-refractivity contribution in [1.29, 1.82) is 0 Å². The van der Waals surface area contributed by atoms with Crippen molar-refractivity contribution in [2.24, 2.45) is 45.3 Å². The Morgan fingerprint density at radius 2 is 1.59 bits per heavy atom. The zero-order valence-electron chi connectivity index (χ0n) is 23.1. The molecule has 0 unspecified atom stereocenters. The first-order valence-corrected chi connectivity index (χ1v) is 13.9. The molecular formula is C30H52O4. The summed E-state index contributed by atoms with van der Waals surface area (Å²) in [5.74, 6) is 0.442. The van der Waals surface area contributed by atoms with Gasteiger partial charge in [-0.15, -0.1) is 0 Å². The van der Waals surface area contributed by atoms with Crippen LogP contribution in [0.5, 0.6) is 0 Å². The maximum Gasteiger partial charge on any atom is 0.0654 e. The van der Waals surface area contributed by atoms with Crippen LogP contribution in [-0.4, -0.2) is 44.3 Å². The second-order valence-corrected chi connectivity index (χ2v) is 14.7. The van der Waals surface area contributed by atoms with E-state index in [0.29, 0.717) is 5.92 Å². The van der Waals surface area contributed by atoms with E-state index in [0.717, 1.165) is 51.4 Å². The van der Waals surface area contributed by atoms with E-state index < -0.39 is 23.9 Å². The molecule has 0 aromatic rings. The Morgan fingerprint density at radius 1 is 0.941 bits per heavy atom. The number of aliphatic hydroxyl groups excluding tert-OH is 3. The van der Waals surface area contributed by atoms with Gasteiger partial charge in [-0.2, -0.15) is 0 Å². The maximum absolute atomic E-state index is 11.8. The molecule has 0 saturated heterocycles. The lowest BCUT2D eigenvalue weighted by Gasteiger charge is -2.71. The third-order valence-electron chi connectivity index (χ3n) is 12.3. The fourth-order valence-corrected chi connectivity index (χ4v) is 10.5. The molecule has 0 aromatic carbocycles. The minimum Gasteiger partial charge on any atom is -0.393 e. The van der Waals surface area contributed by atoms with Gasteiger partial charge in [0.1, 0.15) is 0 Å². The zero-order chi connectivity index (χ0) is 25.5. The van der Waals surface area contributed by atoms with Gasteiger partial charge < -0.3 is 20.4 Å². The fourth-order valence-electron chi connectivity index (χ4n) is 10.5. The summed E-state index contributed by atoms with van der Waals surface area (Å²) in [6.45, 7) is 17.5. The molecule has 4 aliphatic carbocycles. The van der Waals surface area contributed by atoms with Crippen LogP contribution in [0, 0.1) is 45.3 Å². The van der Waals surface area contributed by atoms with Crippen molar-refractivity contribution >= 4 is 0 Å². The second kappa shape index (κ2) is 8.30. The Bertz CT molecular complexity index is 813. The molecule has 0 aliphatic heterocycles. The highest BCUT2D eigenvalue weighted by atomic mass is 16.3. The Morgan fingerprint density at radius 3 is 2.21 bits per heavy atom. The van der Waals surface area contributed by atoms with Crippen molar-refractivity contribution in [3.8, 4) is 0 Å². The van der Waals surface area contributed by atoms with Crippen LogP contribution in [0.2, 0.25) is 0 Å². The van der Waals surface area contributed by atoms with Gasteiger partial charge in [-0.1, -0.05) is 46.3 Å². The Balaban J connectivity index is 1.70. The van der Waals surface area contributed by atoms with E-state index >= 15 is 0 Å². The Labute approximate surface area is 208 Å². The monoisotopic (exact) mass is 476 g/mol. The fraction of sp³-hybridized carbons (Fsp3) is 0.933. The summed E-state index contributed by atoms with van der Waals surface area (Å²) in [6.07, 6.45) is 7.54. The summed E-state index contributed by atoms with van der Waals surface area (Å²) in [5.41, 5.74) is -0.230. The standard InChI is InChI=1S/C30H52O4/c1-18(2)10-9-13-30(8,34)19-11-15-28(6)24(19)20(31)16-22-27(5)14-12-23(33)26(3,4)25(27)21(32)17-29(22,28)7/h10,19-25,31-34H,9,11-17H2,1-8H3/t19-,20-,21-,22-,23+,24+,25+,27+,28-,29+,30+/m1/s1. The van der Waals surface area contributed by atoms with Gasteiger partial charge >= 0.3 is 0 Å². The van der Waals surface area contributed by atoms with Gasteiger partial charge in [0.2, 0.25) is 0 Å². The second-order valence-electron chi connectivity index (χ2n) is 14.7. The predicted molar refractivity (Wildman–Crippen MR) is 137 cm³/mol. The van der Waals surface area contributed by atoms with Crippen LogP contribution in [0.4, 0.5) is 0 Å². The van der Waals surface area contributed by atoms with Gasteiger partial charge in [0.25, 0.3) is 0 Å². The molecule has 4 saturated carbocycles. The Hall–Kier alpha value is -0.420. The largest absolute Gasteiger partial charge is 0.393 e. The molecule has 34 heavy (non-hydrogen) atoms. The number of hydrogen-bond donors (Lipinski definition) is 4. The van der Waals surface area contributed by atoms with Crippen LogP contribution in [0.25, 0.3) is 0 Å². The molecule has 0 heterocycles. The molecule has 4 rings (SSSR count). The quantitative estimate of drug-likeness (QED) is 0.406. The topological polar surface area (TPSA) is 80.9 Å². The number of fused-ring (bicyclic) bond motifs is 5. The van der Waals surface area contributed by atoms with E-state index in [1.54, 1.807) is 0 Å². The third kappa shape index (κ3) is 3.60. The van der Waals surface area contributed by atoms with Crippen molar-refractivity contribution in [3.05, 3.63) is 11.6 Å². The minimum absolute atomic E-state index is 0.0264. The summed E-state index contributed by atoms with van der Waals surface area (Å²) < 4.78 is 0. The zero-order valence-corrected chi connectivity index (χ0v) is 23.1. The van der Waals surface area contributed by atoms with Crippen LogP contribution in [0.15, 0.2) is 11.6 Å². The van der Waals surface area contributed by atoms with E-state index in [1.807, 2.05) is 6.92 Å². The summed E-state index contributed by atoms with van der Waals surface area (Å²) in [7, 11) is 0. The lowest BCUT2D eigenvalue weighted by atomic mass is 9.34. The molecule has 0 bridgehead atoms. The first-order chi connectivity index (χ1) is 15.5. The molecule has 11 atom stereocenters. The SMILES string of the molecule is CC(C)=CCC[C@](C)(O)[C@@H]1CC[C@]2(C)[C@@H]1[C@H](O)C[C@@H]1[C@]3(C)CC[C@H](O)C(C)(C)[C@@H]3[C@H](O)C[C@@]12C. The minimum atomic E-state index is -0.810. The van der Waals surface area contributed by atoms with E-state index in [9.17, 15) is 20.4 Å². The summed E-state index contributed by atoms with van der Waals surface area (Å²) in [4.78, 5) is 0. The van der Waals surface area contributed by atoms with Crippen LogP contribution in [-0.2, 0) is 0 Å². The Kier molecular flexibility index (Phi) is 6.50. The molecule has 0 radical (unpaired) electrons. The van der Waals surface area contributed by atoms with Gasteiger partial charge in [-0.25, -0.2) is 0 Å². The number of hydrogen-bond acceptors (Lipinski definition) is 4. The average molecular weight is 477 g/mol. The highest BCUT2D eigenvalue weighted by molar-refractivity contribution is 5.21. The normalized spacial score (nSPS) is 51.6.